The standard InChI is InChI=1S/C14H24N2O2/c1-5-7-11(16-18-6-2)13-10(15)8-14(3,4)9-12(13)17/h5-9,15H2,1-4H3/b16-11+. The van der Waals surface area contributed by atoms with E-state index in [-0.39, 0.29) is 11.2 Å². The van der Waals surface area contributed by atoms with Gasteiger partial charge in [0, 0.05) is 12.1 Å². The predicted molar refractivity (Wildman–Crippen MR) is 73.2 cm³/mol. The molecule has 0 aromatic rings. The monoisotopic (exact) mass is 252 g/mol. The second-order valence-corrected chi connectivity index (χ2v) is 5.55. The molecule has 0 bridgehead atoms. The van der Waals surface area contributed by atoms with Crippen LogP contribution in [-0.2, 0) is 9.63 Å². The van der Waals surface area contributed by atoms with Crippen LogP contribution in [0.5, 0.6) is 0 Å². The van der Waals surface area contributed by atoms with Crippen LogP contribution in [0.4, 0.5) is 0 Å². The number of nitrogens with zero attached hydrogens (tertiary/aromatic N) is 1. The first-order valence-corrected chi connectivity index (χ1v) is 6.62. The first kappa shape index (κ1) is 14.7. The maximum absolute atomic E-state index is 12.2. The lowest BCUT2D eigenvalue weighted by atomic mass is 9.74. The normalized spacial score (nSPS) is 20.2. The minimum atomic E-state index is -0.0480. The Morgan fingerprint density at radius 2 is 2.06 bits per heavy atom. The van der Waals surface area contributed by atoms with Crippen molar-refractivity contribution < 1.29 is 9.63 Å². The number of hydrogen-bond donors (Lipinski definition) is 1. The maximum atomic E-state index is 12.2. The molecule has 0 aromatic heterocycles. The second kappa shape index (κ2) is 6.03. The summed E-state index contributed by atoms with van der Waals surface area (Å²) in [5, 5.41) is 4.06. The Hall–Kier alpha value is -1.32. The Labute approximate surface area is 109 Å². The van der Waals surface area contributed by atoms with E-state index >= 15 is 0 Å². The van der Waals surface area contributed by atoms with Crippen LogP contribution < -0.4 is 5.73 Å². The van der Waals surface area contributed by atoms with E-state index in [4.69, 9.17) is 10.6 Å². The summed E-state index contributed by atoms with van der Waals surface area (Å²) < 4.78 is 0. The first-order valence-electron chi connectivity index (χ1n) is 6.62. The largest absolute Gasteiger partial charge is 0.401 e. The Morgan fingerprint density at radius 1 is 1.39 bits per heavy atom. The lowest BCUT2D eigenvalue weighted by Crippen LogP contribution is -2.32. The summed E-state index contributed by atoms with van der Waals surface area (Å²) >= 11 is 0. The number of nitrogens with two attached hydrogens (primary N) is 1. The highest BCUT2D eigenvalue weighted by atomic mass is 16.6. The molecule has 0 saturated carbocycles. The van der Waals surface area contributed by atoms with Crippen molar-refractivity contribution >= 4 is 11.5 Å². The van der Waals surface area contributed by atoms with E-state index in [2.05, 4.69) is 25.9 Å². The SMILES string of the molecule is CCC/C(=N\OCC)C1=C(N)CC(C)(C)CC1=O. The minimum absolute atomic E-state index is 0.0480. The fraction of sp³-hybridized carbons (Fsp3) is 0.714. The van der Waals surface area contributed by atoms with Crippen LogP contribution in [-0.4, -0.2) is 18.1 Å². The van der Waals surface area contributed by atoms with E-state index in [9.17, 15) is 4.79 Å². The molecule has 0 heterocycles. The third-order valence-corrected chi connectivity index (χ3v) is 2.99. The van der Waals surface area contributed by atoms with Gasteiger partial charge in [-0.2, -0.15) is 0 Å². The summed E-state index contributed by atoms with van der Waals surface area (Å²) in [4.78, 5) is 17.3. The number of carbonyl (C=O) groups excluding carboxylic acids is 1. The number of ketones is 1. The van der Waals surface area contributed by atoms with Crippen molar-refractivity contribution in [3.8, 4) is 0 Å². The number of carbonyl (C=O) groups is 1. The van der Waals surface area contributed by atoms with Crippen molar-refractivity contribution in [3.05, 3.63) is 11.3 Å². The molecule has 0 spiro atoms. The van der Waals surface area contributed by atoms with Crippen molar-refractivity contribution in [1.82, 2.24) is 0 Å². The Balaban J connectivity index is 3.07. The third-order valence-electron chi connectivity index (χ3n) is 2.99. The van der Waals surface area contributed by atoms with Gasteiger partial charge < -0.3 is 10.6 Å². The van der Waals surface area contributed by atoms with Crippen molar-refractivity contribution in [1.29, 1.82) is 0 Å². The molecule has 4 nitrogen and oxygen atoms in total. The summed E-state index contributed by atoms with van der Waals surface area (Å²) in [5.41, 5.74) is 7.99. The van der Waals surface area contributed by atoms with Crippen molar-refractivity contribution in [2.24, 2.45) is 16.3 Å². The van der Waals surface area contributed by atoms with Crippen molar-refractivity contribution in [2.45, 2.75) is 53.4 Å². The van der Waals surface area contributed by atoms with Crippen LogP contribution >= 0.6 is 0 Å². The highest BCUT2D eigenvalue weighted by molar-refractivity contribution is 6.23. The molecule has 102 valence electrons. The molecule has 1 aliphatic rings. The average Bonchev–Trinajstić information content (AvgIpc) is 2.23. The van der Waals surface area contributed by atoms with Crippen molar-refractivity contribution in [2.75, 3.05) is 6.61 Å². The van der Waals surface area contributed by atoms with Crippen molar-refractivity contribution in [3.63, 3.8) is 0 Å². The highest BCUT2D eigenvalue weighted by Crippen LogP contribution is 2.35. The zero-order valence-electron chi connectivity index (χ0n) is 11.9. The van der Waals surface area contributed by atoms with E-state index in [1.165, 1.54) is 0 Å². The van der Waals surface area contributed by atoms with Gasteiger partial charge in [0.1, 0.15) is 6.61 Å². The van der Waals surface area contributed by atoms with Gasteiger partial charge in [-0.05, 0) is 25.2 Å². The lowest BCUT2D eigenvalue weighted by Gasteiger charge is -2.30. The summed E-state index contributed by atoms with van der Waals surface area (Å²) in [5.74, 6) is 0.0932. The molecule has 1 rings (SSSR count). The molecular formula is C14H24N2O2. The second-order valence-electron chi connectivity index (χ2n) is 5.55. The molecule has 0 aliphatic heterocycles. The first-order chi connectivity index (χ1) is 8.41. The van der Waals surface area contributed by atoms with Crippen LogP contribution in [0.2, 0.25) is 0 Å². The summed E-state index contributed by atoms with van der Waals surface area (Å²) in [6.45, 7) is 8.55. The van der Waals surface area contributed by atoms with Crippen LogP contribution in [0, 0.1) is 5.41 Å². The molecule has 1 aliphatic carbocycles. The molecule has 2 N–H and O–H groups in total. The Bertz CT molecular complexity index is 381. The van der Waals surface area contributed by atoms with Gasteiger partial charge in [0.2, 0.25) is 0 Å². The van der Waals surface area contributed by atoms with E-state index < -0.39 is 0 Å². The molecule has 0 saturated heterocycles. The van der Waals surface area contributed by atoms with Gasteiger partial charge in [0.15, 0.2) is 5.78 Å². The van der Waals surface area contributed by atoms with Gasteiger partial charge in [0.05, 0.1) is 11.3 Å². The summed E-state index contributed by atoms with van der Waals surface area (Å²) in [6.07, 6.45) is 2.91. The van der Waals surface area contributed by atoms with Gasteiger partial charge in [-0.3, -0.25) is 4.79 Å². The van der Waals surface area contributed by atoms with Crippen LogP contribution in [0.3, 0.4) is 0 Å². The van der Waals surface area contributed by atoms with Gasteiger partial charge in [-0.15, -0.1) is 0 Å². The lowest BCUT2D eigenvalue weighted by molar-refractivity contribution is -0.117. The smallest absolute Gasteiger partial charge is 0.167 e. The Kier molecular flexibility index (Phi) is 4.93. The molecule has 0 atom stereocenters. The van der Waals surface area contributed by atoms with E-state index in [0.29, 0.717) is 30.0 Å². The number of rotatable bonds is 5. The summed E-state index contributed by atoms with van der Waals surface area (Å²) in [6, 6.07) is 0. The molecule has 0 radical (unpaired) electrons. The zero-order valence-corrected chi connectivity index (χ0v) is 11.9. The molecule has 0 amide bonds. The zero-order chi connectivity index (χ0) is 13.8. The predicted octanol–water partition coefficient (Wildman–Crippen LogP) is 2.78. The van der Waals surface area contributed by atoms with Crippen LogP contribution in [0.15, 0.2) is 16.4 Å². The van der Waals surface area contributed by atoms with Gasteiger partial charge in [-0.25, -0.2) is 0 Å². The van der Waals surface area contributed by atoms with Crippen LogP contribution in [0.25, 0.3) is 0 Å². The van der Waals surface area contributed by atoms with E-state index in [1.807, 2.05) is 6.92 Å². The van der Waals surface area contributed by atoms with Crippen LogP contribution in [0.1, 0.15) is 53.4 Å². The van der Waals surface area contributed by atoms with Gasteiger partial charge >= 0.3 is 0 Å². The highest BCUT2D eigenvalue weighted by Gasteiger charge is 2.33. The molecule has 0 fully saturated rings. The van der Waals surface area contributed by atoms with Gasteiger partial charge in [-0.1, -0.05) is 32.3 Å². The number of oxime groups is 1. The maximum Gasteiger partial charge on any atom is 0.167 e. The quantitative estimate of drug-likeness (QED) is 0.604. The number of hydrogen-bond acceptors (Lipinski definition) is 4. The van der Waals surface area contributed by atoms with E-state index in [0.717, 1.165) is 19.3 Å². The molecule has 0 unspecified atom stereocenters. The fourth-order valence-corrected chi connectivity index (χ4v) is 2.31. The third kappa shape index (κ3) is 3.59. The molecule has 4 heteroatoms. The molecular weight excluding hydrogens is 228 g/mol. The minimum Gasteiger partial charge on any atom is -0.401 e. The molecule has 18 heavy (non-hydrogen) atoms. The number of Topliss-reactive ketones (excluding diaryl/α,β-unsaturated/α-hetero) is 1. The number of allylic oxidation sites excluding steroid dienone is 2. The van der Waals surface area contributed by atoms with Gasteiger partial charge in [0.25, 0.3) is 0 Å². The summed E-state index contributed by atoms with van der Waals surface area (Å²) in [7, 11) is 0. The Morgan fingerprint density at radius 3 is 2.56 bits per heavy atom. The fourth-order valence-electron chi connectivity index (χ4n) is 2.31. The van der Waals surface area contributed by atoms with E-state index in [1.54, 1.807) is 0 Å². The molecule has 0 aromatic carbocycles. The topological polar surface area (TPSA) is 64.7 Å². The average molecular weight is 252 g/mol.